The highest BCUT2D eigenvalue weighted by Gasteiger charge is 2.27. The van der Waals surface area contributed by atoms with Crippen LogP contribution in [0.4, 0.5) is 0 Å². The lowest BCUT2D eigenvalue weighted by Gasteiger charge is -2.10. The Kier molecular flexibility index (Phi) is 5.74. The number of carbonyl (C=O) groups is 1. The van der Waals surface area contributed by atoms with Crippen LogP contribution in [0.5, 0.6) is 0 Å². The standard InChI is InChI=1S/C13H24O2/c1-3-4-5-6-7-8-11(2)13(14)15-12-9-10-12/h11-12H,3-10H2,1-2H3. The SMILES string of the molecule is CCCCCCCC(C)C(=O)OC1CC1. The molecule has 1 aliphatic rings. The second-order valence-corrected chi connectivity index (χ2v) is 4.74. The average molecular weight is 212 g/mol. The average Bonchev–Trinajstić information content (AvgIpc) is 3.01. The number of esters is 1. The van der Waals surface area contributed by atoms with Crippen LogP contribution in [0, 0.1) is 5.92 Å². The molecule has 2 heteroatoms. The Labute approximate surface area is 93.4 Å². The molecule has 0 N–H and O–H groups in total. The molecule has 15 heavy (non-hydrogen) atoms. The molecule has 0 aromatic carbocycles. The molecule has 0 heterocycles. The molecule has 0 aromatic heterocycles. The second kappa shape index (κ2) is 6.86. The van der Waals surface area contributed by atoms with Gasteiger partial charge in [0.15, 0.2) is 0 Å². The molecule has 1 aliphatic carbocycles. The number of carbonyl (C=O) groups excluding carboxylic acids is 1. The van der Waals surface area contributed by atoms with Crippen molar-refractivity contribution in [3.05, 3.63) is 0 Å². The maximum absolute atomic E-state index is 11.5. The smallest absolute Gasteiger partial charge is 0.308 e. The highest BCUT2D eigenvalue weighted by Crippen LogP contribution is 2.25. The molecule has 0 radical (unpaired) electrons. The van der Waals surface area contributed by atoms with Crippen LogP contribution in [0.15, 0.2) is 0 Å². The van der Waals surface area contributed by atoms with Crippen molar-refractivity contribution in [2.45, 2.75) is 71.3 Å². The monoisotopic (exact) mass is 212 g/mol. The van der Waals surface area contributed by atoms with Crippen LogP contribution < -0.4 is 0 Å². The fourth-order valence-electron chi connectivity index (χ4n) is 1.64. The zero-order valence-corrected chi connectivity index (χ0v) is 10.1. The van der Waals surface area contributed by atoms with Gasteiger partial charge in [-0.2, -0.15) is 0 Å². The van der Waals surface area contributed by atoms with Crippen molar-refractivity contribution >= 4 is 5.97 Å². The third-order valence-corrected chi connectivity index (χ3v) is 2.95. The summed E-state index contributed by atoms with van der Waals surface area (Å²) >= 11 is 0. The van der Waals surface area contributed by atoms with Gasteiger partial charge < -0.3 is 4.74 Å². The molecule has 0 amide bonds. The van der Waals surface area contributed by atoms with Gasteiger partial charge in [0.1, 0.15) is 6.10 Å². The summed E-state index contributed by atoms with van der Waals surface area (Å²) in [5, 5.41) is 0. The van der Waals surface area contributed by atoms with Crippen molar-refractivity contribution in [2.24, 2.45) is 5.92 Å². The predicted octanol–water partition coefficient (Wildman–Crippen LogP) is 3.69. The third kappa shape index (κ3) is 5.81. The molecule has 0 aromatic rings. The van der Waals surface area contributed by atoms with Gasteiger partial charge in [-0.15, -0.1) is 0 Å². The third-order valence-electron chi connectivity index (χ3n) is 2.95. The fourth-order valence-corrected chi connectivity index (χ4v) is 1.64. The van der Waals surface area contributed by atoms with Crippen molar-refractivity contribution in [3.63, 3.8) is 0 Å². The molecule has 1 atom stereocenters. The van der Waals surface area contributed by atoms with E-state index in [1.54, 1.807) is 0 Å². The van der Waals surface area contributed by atoms with Gasteiger partial charge in [-0.3, -0.25) is 4.79 Å². The zero-order valence-electron chi connectivity index (χ0n) is 10.1. The Bertz CT molecular complexity index is 185. The van der Waals surface area contributed by atoms with Crippen LogP contribution in [0.25, 0.3) is 0 Å². The Hall–Kier alpha value is -0.530. The second-order valence-electron chi connectivity index (χ2n) is 4.74. The fraction of sp³-hybridized carbons (Fsp3) is 0.923. The van der Waals surface area contributed by atoms with Crippen molar-refractivity contribution in [2.75, 3.05) is 0 Å². The molecule has 2 nitrogen and oxygen atoms in total. The van der Waals surface area contributed by atoms with Crippen LogP contribution in [0.1, 0.15) is 65.2 Å². The summed E-state index contributed by atoms with van der Waals surface area (Å²) in [7, 11) is 0. The molecule has 0 aliphatic heterocycles. The molecule has 0 spiro atoms. The molecular formula is C13H24O2. The molecule has 1 fully saturated rings. The van der Waals surface area contributed by atoms with Gasteiger partial charge in [0, 0.05) is 0 Å². The Morgan fingerprint density at radius 3 is 2.53 bits per heavy atom. The van der Waals surface area contributed by atoms with Gasteiger partial charge in [-0.1, -0.05) is 46.0 Å². The molecule has 1 rings (SSSR count). The van der Waals surface area contributed by atoms with E-state index in [1.165, 1.54) is 32.1 Å². The molecule has 1 unspecified atom stereocenters. The van der Waals surface area contributed by atoms with Crippen molar-refractivity contribution in [3.8, 4) is 0 Å². The van der Waals surface area contributed by atoms with Crippen molar-refractivity contribution < 1.29 is 9.53 Å². The lowest BCUT2D eigenvalue weighted by atomic mass is 10.0. The normalized spacial score (nSPS) is 17.5. The van der Waals surface area contributed by atoms with E-state index in [9.17, 15) is 4.79 Å². The predicted molar refractivity (Wildman–Crippen MR) is 61.7 cm³/mol. The van der Waals surface area contributed by atoms with Crippen molar-refractivity contribution in [1.29, 1.82) is 0 Å². The molecule has 0 saturated heterocycles. The van der Waals surface area contributed by atoms with Gasteiger partial charge in [0.05, 0.1) is 5.92 Å². The minimum atomic E-state index is 0.0213. The first-order valence-electron chi connectivity index (χ1n) is 6.44. The van der Waals surface area contributed by atoms with Crippen LogP contribution in [0.3, 0.4) is 0 Å². The molecular weight excluding hydrogens is 188 g/mol. The van der Waals surface area contributed by atoms with Gasteiger partial charge >= 0.3 is 5.97 Å². The maximum atomic E-state index is 11.5. The van der Waals surface area contributed by atoms with E-state index >= 15 is 0 Å². The van der Waals surface area contributed by atoms with Crippen LogP contribution >= 0.6 is 0 Å². The van der Waals surface area contributed by atoms with Crippen LogP contribution in [-0.2, 0) is 9.53 Å². The van der Waals surface area contributed by atoms with Gasteiger partial charge in [0.2, 0.25) is 0 Å². The number of unbranched alkanes of at least 4 members (excludes halogenated alkanes) is 4. The highest BCUT2D eigenvalue weighted by atomic mass is 16.5. The Morgan fingerprint density at radius 2 is 1.93 bits per heavy atom. The summed E-state index contributed by atoms with van der Waals surface area (Å²) in [5.41, 5.74) is 0. The number of hydrogen-bond donors (Lipinski definition) is 0. The summed E-state index contributed by atoms with van der Waals surface area (Å²) in [6.45, 7) is 4.21. The highest BCUT2D eigenvalue weighted by molar-refractivity contribution is 5.72. The molecule has 0 bridgehead atoms. The van der Waals surface area contributed by atoms with Gasteiger partial charge in [-0.25, -0.2) is 0 Å². The van der Waals surface area contributed by atoms with Crippen molar-refractivity contribution in [1.82, 2.24) is 0 Å². The number of ether oxygens (including phenoxy) is 1. The molecule has 1 saturated carbocycles. The van der Waals surface area contributed by atoms with E-state index in [2.05, 4.69) is 6.92 Å². The minimum Gasteiger partial charge on any atom is -0.462 e. The number of hydrogen-bond acceptors (Lipinski definition) is 2. The van der Waals surface area contributed by atoms with E-state index in [1.807, 2.05) is 6.92 Å². The largest absolute Gasteiger partial charge is 0.462 e. The van der Waals surface area contributed by atoms with E-state index in [4.69, 9.17) is 4.74 Å². The van der Waals surface area contributed by atoms with Gasteiger partial charge in [-0.05, 0) is 19.3 Å². The summed E-state index contributed by atoms with van der Waals surface area (Å²) < 4.78 is 5.26. The minimum absolute atomic E-state index is 0.0213. The number of rotatable bonds is 8. The topological polar surface area (TPSA) is 26.3 Å². The zero-order chi connectivity index (χ0) is 11.1. The summed E-state index contributed by atoms with van der Waals surface area (Å²) in [4.78, 5) is 11.5. The first-order chi connectivity index (χ1) is 7.24. The summed E-state index contributed by atoms with van der Waals surface area (Å²) in [5.74, 6) is 0.125. The van der Waals surface area contributed by atoms with E-state index < -0.39 is 0 Å². The van der Waals surface area contributed by atoms with E-state index in [-0.39, 0.29) is 18.0 Å². The first-order valence-corrected chi connectivity index (χ1v) is 6.44. The first kappa shape index (κ1) is 12.5. The lowest BCUT2D eigenvalue weighted by Crippen LogP contribution is -2.15. The van der Waals surface area contributed by atoms with Crippen LogP contribution in [0.2, 0.25) is 0 Å². The van der Waals surface area contributed by atoms with Gasteiger partial charge in [0.25, 0.3) is 0 Å². The maximum Gasteiger partial charge on any atom is 0.308 e. The van der Waals surface area contributed by atoms with E-state index in [0.29, 0.717) is 0 Å². The van der Waals surface area contributed by atoms with E-state index in [0.717, 1.165) is 19.3 Å². The molecule has 88 valence electrons. The summed E-state index contributed by atoms with van der Waals surface area (Å²) in [6.07, 6.45) is 9.75. The quantitative estimate of drug-likeness (QED) is 0.453. The lowest BCUT2D eigenvalue weighted by molar-refractivity contribution is -0.149. The Balaban J connectivity index is 1.96. The Morgan fingerprint density at radius 1 is 1.27 bits per heavy atom. The van der Waals surface area contributed by atoms with Crippen LogP contribution in [-0.4, -0.2) is 12.1 Å². The summed E-state index contributed by atoms with van der Waals surface area (Å²) in [6, 6.07) is 0.